The molecule has 1 aromatic rings. The van der Waals surface area contributed by atoms with Gasteiger partial charge < -0.3 is 14.7 Å². The second kappa shape index (κ2) is 6.00. The topological polar surface area (TPSA) is 97.5 Å². The molecule has 110 valence electrons. The summed E-state index contributed by atoms with van der Waals surface area (Å²) in [4.78, 5) is 24.9. The molecule has 0 aliphatic carbocycles. The highest BCUT2D eigenvalue weighted by Crippen LogP contribution is 2.17. The number of carbonyl (C=O) groups is 2. The molecule has 1 aliphatic heterocycles. The number of morpholine rings is 1. The molecule has 1 fully saturated rings. The van der Waals surface area contributed by atoms with Crippen LogP contribution < -0.4 is 0 Å². The molecule has 0 radical (unpaired) electrons. The summed E-state index contributed by atoms with van der Waals surface area (Å²) in [5, 5.41) is 16.5. The second-order valence-corrected chi connectivity index (χ2v) is 4.93. The number of aromatic carboxylic acids is 1. The zero-order chi connectivity index (χ0) is 14.7. The van der Waals surface area contributed by atoms with Crippen LogP contribution >= 0.6 is 0 Å². The molecule has 8 heteroatoms. The smallest absolute Gasteiger partial charge is 0.358 e. The van der Waals surface area contributed by atoms with E-state index in [1.807, 2.05) is 13.8 Å². The molecule has 20 heavy (non-hydrogen) atoms. The average Bonchev–Trinajstić information content (AvgIpc) is 2.83. The first-order valence-electron chi connectivity index (χ1n) is 6.53. The number of aromatic nitrogens is 3. The summed E-state index contributed by atoms with van der Waals surface area (Å²) in [6, 6.07) is 0. The highest BCUT2D eigenvalue weighted by molar-refractivity contribution is 5.86. The molecule has 1 saturated heterocycles. The molecule has 0 spiro atoms. The summed E-state index contributed by atoms with van der Waals surface area (Å²) >= 11 is 0. The lowest BCUT2D eigenvalue weighted by atomic mass is 10.1. The standard InChI is InChI=1S/C12H18N4O4/c1-8(2)11-10(12(18)19)13-14-16(11)7-9(17)15-3-5-20-6-4-15/h8H,3-7H2,1-2H3,(H,18,19). The van der Waals surface area contributed by atoms with E-state index < -0.39 is 5.97 Å². The predicted octanol–water partition coefficient (Wildman–Crippen LogP) is -0.0415. The van der Waals surface area contributed by atoms with Crippen LogP contribution in [0.15, 0.2) is 0 Å². The third kappa shape index (κ3) is 2.96. The normalized spacial score (nSPS) is 15.7. The molecule has 0 saturated carbocycles. The average molecular weight is 282 g/mol. The SMILES string of the molecule is CC(C)c1c(C(=O)O)nnn1CC(=O)N1CCOCC1. The summed E-state index contributed by atoms with van der Waals surface area (Å²) in [5.74, 6) is -1.30. The maximum absolute atomic E-state index is 12.2. The van der Waals surface area contributed by atoms with Gasteiger partial charge in [0.2, 0.25) is 5.91 Å². The van der Waals surface area contributed by atoms with Gasteiger partial charge in [-0.15, -0.1) is 5.10 Å². The van der Waals surface area contributed by atoms with E-state index in [0.29, 0.717) is 32.0 Å². The van der Waals surface area contributed by atoms with Gasteiger partial charge >= 0.3 is 5.97 Å². The van der Waals surface area contributed by atoms with Crippen molar-refractivity contribution in [2.45, 2.75) is 26.3 Å². The Hall–Kier alpha value is -1.96. The van der Waals surface area contributed by atoms with Gasteiger partial charge in [0.15, 0.2) is 5.69 Å². The predicted molar refractivity (Wildman–Crippen MR) is 68.5 cm³/mol. The van der Waals surface area contributed by atoms with Crippen molar-refractivity contribution in [2.75, 3.05) is 26.3 Å². The minimum absolute atomic E-state index is 0.00773. The van der Waals surface area contributed by atoms with E-state index in [2.05, 4.69) is 10.3 Å². The zero-order valence-corrected chi connectivity index (χ0v) is 11.6. The molecule has 0 unspecified atom stereocenters. The van der Waals surface area contributed by atoms with Crippen molar-refractivity contribution in [3.63, 3.8) is 0 Å². The Kier molecular flexibility index (Phi) is 4.33. The van der Waals surface area contributed by atoms with E-state index in [0.717, 1.165) is 0 Å². The van der Waals surface area contributed by atoms with Crippen molar-refractivity contribution in [3.05, 3.63) is 11.4 Å². The summed E-state index contributed by atoms with van der Waals surface area (Å²) in [7, 11) is 0. The summed E-state index contributed by atoms with van der Waals surface area (Å²) < 4.78 is 6.57. The summed E-state index contributed by atoms with van der Waals surface area (Å²) in [5.41, 5.74) is 0.383. The first-order chi connectivity index (χ1) is 9.50. The van der Waals surface area contributed by atoms with E-state index >= 15 is 0 Å². The van der Waals surface area contributed by atoms with Crippen LogP contribution in [0.1, 0.15) is 35.9 Å². The highest BCUT2D eigenvalue weighted by atomic mass is 16.5. The Morgan fingerprint density at radius 2 is 2.00 bits per heavy atom. The number of nitrogens with zero attached hydrogens (tertiary/aromatic N) is 4. The van der Waals surface area contributed by atoms with Crippen molar-refractivity contribution in [1.29, 1.82) is 0 Å². The Labute approximate surface area is 116 Å². The molecule has 0 bridgehead atoms. The van der Waals surface area contributed by atoms with Crippen LogP contribution in [-0.4, -0.2) is 63.2 Å². The van der Waals surface area contributed by atoms with Crippen LogP contribution in [0.2, 0.25) is 0 Å². The molecule has 2 heterocycles. The molecule has 1 amide bonds. The molecular formula is C12H18N4O4. The molecule has 8 nitrogen and oxygen atoms in total. The van der Waals surface area contributed by atoms with Gasteiger partial charge in [0.1, 0.15) is 6.54 Å². The minimum Gasteiger partial charge on any atom is -0.476 e. The van der Waals surface area contributed by atoms with Gasteiger partial charge in [0.05, 0.1) is 18.9 Å². The fourth-order valence-corrected chi connectivity index (χ4v) is 2.20. The maximum Gasteiger partial charge on any atom is 0.358 e. The molecule has 2 rings (SSSR count). The first kappa shape index (κ1) is 14.4. The molecule has 0 aromatic carbocycles. The Bertz CT molecular complexity index is 506. The number of hydrogen-bond acceptors (Lipinski definition) is 5. The monoisotopic (exact) mass is 282 g/mol. The van der Waals surface area contributed by atoms with Gasteiger partial charge in [-0.1, -0.05) is 19.1 Å². The van der Waals surface area contributed by atoms with E-state index in [1.54, 1.807) is 4.90 Å². The first-order valence-corrected chi connectivity index (χ1v) is 6.53. The number of carboxylic acids is 1. The Morgan fingerprint density at radius 1 is 1.35 bits per heavy atom. The quantitative estimate of drug-likeness (QED) is 0.832. The second-order valence-electron chi connectivity index (χ2n) is 4.93. The van der Waals surface area contributed by atoms with Crippen molar-refractivity contribution >= 4 is 11.9 Å². The summed E-state index contributed by atoms with van der Waals surface area (Å²) in [6.07, 6.45) is 0. The van der Waals surface area contributed by atoms with Crippen LogP contribution in [-0.2, 0) is 16.1 Å². The minimum atomic E-state index is -1.13. The molecular weight excluding hydrogens is 264 g/mol. The van der Waals surface area contributed by atoms with Gasteiger partial charge in [0, 0.05) is 13.1 Å². The lowest BCUT2D eigenvalue weighted by Gasteiger charge is -2.27. The van der Waals surface area contributed by atoms with Crippen molar-refractivity contribution in [1.82, 2.24) is 19.9 Å². The summed E-state index contributed by atoms with van der Waals surface area (Å²) in [6.45, 7) is 5.86. The fraction of sp³-hybridized carbons (Fsp3) is 0.667. The van der Waals surface area contributed by atoms with Crippen LogP contribution in [0.5, 0.6) is 0 Å². The number of ether oxygens (including phenoxy) is 1. The molecule has 1 N–H and O–H groups in total. The number of amides is 1. The lowest BCUT2D eigenvalue weighted by molar-refractivity contribution is -0.136. The van der Waals surface area contributed by atoms with Crippen molar-refractivity contribution in [3.8, 4) is 0 Å². The Morgan fingerprint density at radius 3 is 2.55 bits per heavy atom. The molecule has 1 aliphatic rings. The Balaban J connectivity index is 2.16. The maximum atomic E-state index is 12.2. The van der Waals surface area contributed by atoms with E-state index in [4.69, 9.17) is 9.84 Å². The van der Waals surface area contributed by atoms with E-state index in [1.165, 1.54) is 4.68 Å². The van der Waals surface area contributed by atoms with Crippen LogP contribution in [0.4, 0.5) is 0 Å². The van der Waals surface area contributed by atoms with Crippen molar-refractivity contribution in [2.24, 2.45) is 0 Å². The van der Waals surface area contributed by atoms with Crippen molar-refractivity contribution < 1.29 is 19.4 Å². The van der Waals surface area contributed by atoms with Gasteiger partial charge in [0.25, 0.3) is 0 Å². The highest BCUT2D eigenvalue weighted by Gasteiger charge is 2.24. The van der Waals surface area contributed by atoms with E-state index in [-0.39, 0.29) is 24.1 Å². The third-order valence-corrected chi connectivity index (χ3v) is 3.17. The fourth-order valence-electron chi connectivity index (χ4n) is 2.20. The molecule has 0 atom stereocenters. The third-order valence-electron chi connectivity index (χ3n) is 3.17. The van der Waals surface area contributed by atoms with Crippen LogP contribution in [0, 0.1) is 0 Å². The zero-order valence-electron chi connectivity index (χ0n) is 11.6. The lowest BCUT2D eigenvalue weighted by Crippen LogP contribution is -2.42. The van der Waals surface area contributed by atoms with E-state index in [9.17, 15) is 9.59 Å². The number of carboxylic acid groups (broad SMARTS) is 1. The van der Waals surface area contributed by atoms with Gasteiger partial charge in [-0.05, 0) is 5.92 Å². The van der Waals surface area contributed by atoms with Gasteiger partial charge in [-0.2, -0.15) is 0 Å². The van der Waals surface area contributed by atoms with Crippen LogP contribution in [0.3, 0.4) is 0 Å². The number of carbonyl (C=O) groups excluding carboxylic acids is 1. The van der Waals surface area contributed by atoms with Crippen LogP contribution in [0.25, 0.3) is 0 Å². The number of hydrogen-bond donors (Lipinski definition) is 1. The number of rotatable bonds is 4. The molecule has 1 aromatic heterocycles. The van der Waals surface area contributed by atoms with Gasteiger partial charge in [-0.3, -0.25) is 4.79 Å². The largest absolute Gasteiger partial charge is 0.476 e. The van der Waals surface area contributed by atoms with Gasteiger partial charge in [-0.25, -0.2) is 9.48 Å².